The number of rotatable bonds is 4. The van der Waals surface area contributed by atoms with Crippen molar-refractivity contribution < 1.29 is 4.74 Å². The molecular weight excluding hydrogens is 210 g/mol. The van der Waals surface area contributed by atoms with Gasteiger partial charge < -0.3 is 10.1 Å². The van der Waals surface area contributed by atoms with Gasteiger partial charge in [-0.2, -0.15) is 0 Å². The maximum atomic E-state index is 5.35. The second-order valence-electron chi connectivity index (χ2n) is 2.86. The molecule has 2 aromatic rings. The first-order valence-corrected chi connectivity index (χ1v) is 5.43. The molecule has 0 spiro atoms. The molecule has 1 heterocycles. The van der Waals surface area contributed by atoms with Crippen molar-refractivity contribution in [1.29, 1.82) is 0 Å². The van der Waals surface area contributed by atoms with E-state index in [1.165, 1.54) is 11.5 Å². The first kappa shape index (κ1) is 9.92. The van der Waals surface area contributed by atoms with Crippen molar-refractivity contribution in [1.82, 2.24) is 9.59 Å². The largest absolute Gasteiger partial charge is 0.494 e. The van der Waals surface area contributed by atoms with E-state index in [2.05, 4.69) is 14.9 Å². The van der Waals surface area contributed by atoms with Crippen molar-refractivity contribution in [3.63, 3.8) is 0 Å². The van der Waals surface area contributed by atoms with Gasteiger partial charge in [0.15, 0.2) is 0 Å². The Balaban J connectivity index is 2.04. The molecular formula is C10H11N3OS. The van der Waals surface area contributed by atoms with Crippen LogP contribution in [0.15, 0.2) is 30.5 Å². The molecule has 2 rings (SSSR count). The van der Waals surface area contributed by atoms with E-state index in [1.54, 1.807) is 6.20 Å². The fourth-order valence-corrected chi connectivity index (χ4v) is 1.61. The van der Waals surface area contributed by atoms with Gasteiger partial charge >= 0.3 is 0 Å². The molecule has 4 nitrogen and oxygen atoms in total. The van der Waals surface area contributed by atoms with E-state index >= 15 is 0 Å². The number of aromatic nitrogens is 2. The quantitative estimate of drug-likeness (QED) is 0.862. The summed E-state index contributed by atoms with van der Waals surface area (Å²) in [6.07, 6.45) is 1.70. The van der Waals surface area contributed by atoms with Crippen molar-refractivity contribution in [3.05, 3.63) is 30.5 Å². The zero-order chi connectivity index (χ0) is 10.5. The van der Waals surface area contributed by atoms with Crippen LogP contribution in [0.4, 0.5) is 10.7 Å². The van der Waals surface area contributed by atoms with Crippen LogP contribution in [0.2, 0.25) is 0 Å². The lowest BCUT2D eigenvalue weighted by Gasteiger charge is -2.05. The lowest BCUT2D eigenvalue weighted by Crippen LogP contribution is -1.92. The molecule has 0 saturated carbocycles. The Morgan fingerprint density at radius 3 is 2.73 bits per heavy atom. The summed E-state index contributed by atoms with van der Waals surface area (Å²) >= 11 is 1.33. The van der Waals surface area contributed by atoms with Crippen molar-refractivity contribution in [2.24, 2.45) is 0 Å². The zero-order valence-corrected chi connectivity index (χ0v) is 9.12. The molecule has 0 aliphatic rings. The van der Waals surface area contributed by atoms with E-state index in [0.29, 0.717) is 6.61 Å². The maximum Gasteiger partial charge on any atom is 0.134 e. The van der Waals surface area contributed by atoms with Crippen LogP contribution in [0.25, 0.3) is 0 Å². The fourth-order valence-electron chi connectivity index (χ4n) is 1.17. The average molecular weight is 221 g/mol. The molecule has 0 fully saturated rings. The molecule has 1 N–H and O–H groups in total. The van der Waals surface area contributed by atoms with Gasteiger partial charge in [0.25, 0.3) is 0 Å². The normalized spacial score (nSPS) is 9.93. The topological polar surface area (TPSA) is 47.0 Å². The third kappa shape index (κ3) is 2.66. The third-order valence-electron chi connectivity index (χ3n) is 1.79. The molecule has 78 valence electrons. The number of hydrogen-bond acceptors (Lipinski definition) is 5. The molecule has 0 bridgehead atoms. The van der Waals surface area contributed by atoms with Gasteiger partial charge in [-0.3, -0.25) is 0 Å². The Morgan fingerprint density at radius 2 is 2.13 bits per heavy atom. The summed E-state index contributed by atoms with van der Waals surface area (Å²) in [4.78, 5) is 0. The van der Waals surface area contributed by atoms with Crippen LogP contribution in [-0.4, -0.2) is 16.2 Å². The molecule has 0 aliphatic heterocycles. The second kappa shape index (κ2) is 4.75. The molecule has 1 aromatic carbocycles. The average Bonchev–Trinajstić information content (AvgIpc) is 2.74. The van der Waals surface area contributed by atoms with E-state index in [1.807, 2.05) is 31.2 Å². The maximum absolute atomic E-state index is 5.35. The Labute approximate surface area is 92.1 Å². The lowest BCUT2D eigenvalue weighted by atomic mass is 10.3. The number of anilines is 2. The van der Waals surface area contributed by atoms with E-state index in [0.717, 1.165) is 16.4 Å². The predicted molar refractivity (Wildman–Crippen MR) is 60.8 cm³/mol. The molecule has 0 radical (unpaired) electrons. The predicted octanol–water partition coefficient (Wildman–Crippen LogP) is 2.68. The molecule has 1 aromatic heterocycles. The van der Waals surface area contributed by atoms with Gasteiger partial charge in [-0.15, -0.1) is 5.10 Å². The Bertz CT molecular complexity index is 399. The molecule has 15 heavy (non-hydrogen) atoms. The summed E-state index contributed by atoms with van der Waals surface area (Å²) < 4.78 is 9.12. The van der Waals surface area contributed by atoms with Gasteiger partial charge in [-0.25, -0.2) is 0 Å². The number of hydrogen-bond donors (Lipinski definition) is 1. The molecule has 5 heteroatoms. The van der Waals surface area contributed by atoms with E-state index < -0.39 is 0 Å². The zero-order valence-electron chi connectivity index (χ0n) is 8.30. The lowest BCUT2D eigenvalue weighted by molar-refractivity contribution is 0.340. The van der Waals surface area contributed by atoms with Crippen molar-refractivity contribution in [2.45, 2.75) is 6.92 Å². The highest BCUT2D eigenvalue weighted by Gasteiger charge is 1.97. The van der Waals surface area contributed by atoms with Crippen molar-refractivity contribution in [2.75, 3.05) is 11.9 Å². The molecule has 0 amide bonds. The SMILES string of the molecule is CCOc1ccc(Nc2cnns2)cc1. The highest BCUT2D eigenvalue weighted by atomic mass is 32.1. The van der Waals surface area contributed by atoms with Gasteiger partial charge in [0.05, 0.1) is 12.8 Å². The standard InChI is InChI=1S/C10H11N3OS/c1-2-14-9-5-3-8(4-6-9)12-10-7-11-13-15-10/h3-7,12H,2H2,1H3. The van der Waals surface area contributed by atoms with Crippen molar-refractivity contribution >= 4 is 22.2 Å². The van der Waals surface area contributed by atoms with Crippen LogP contribution < -0.4 is 10.1 Å². The van der Waals surface area contributed by atoms with Crippen LogP contribution in [0.5, 0.6) is 5.75 Å². The smallest absolute Gasteiger partial charge is 0.134 e. The van der Waals surface area contributed by atoms with Gasteiger partial charge in [0, 0.05) is 17.2 Å². The van der Waals surface area contributed by atoms with Crippen LogP contribution in [0, 0.1) is 0 Å². The first-order chi connectivity index (χ1) is 7.38. The summed E-state index contributed by atoms with van der Waals surface area (Å²) in [5, 5.41) is 7.87. The Kier molecular flexibility index (Phi) is 3.14. The van der Waals surface area contributed by atoms with E-state index in [-0.39, 0.29) is 0 Å². The van der Waals surface area contributed by atoms with Crippen molar-refractivity contribution in [3.8, 4) is 5.75 Å². The van der Waals surface area contributed by atoms with Crippen LogP contribution in [0.3, 0.4) is 0 Å². The van der Waals surface area contributed by atoms with Crippen LogP contribution in [-0.2, 0) is 0 Å². The second-order valence-corrected chi connectivity index (χ2v) is 3.65. The Morgan fingerprint density at radius 1 is 1.33 bits per heavy atom. The molecule has 0 saturated heterocycles. The van der Waals surface area contributed by atoms with E-state index in [9.17, 15) is 0 Å². The number of ether oxygens (including phenoxy) is 1. The van der Waals surface area contributed by atoms with Crippen LogP contribution in [0.1, 0.15) is 6.92 Å². The minimum absolute atomic E-state index is 0.686. The van der Waals surface area contributed by atoms with E-state index in [4.69, 9.17) is 4.74 Å². The highest BCUT2D eigenvalue weighted by molar-refractivity contribution is 7.09. The minimum Gasteiger partial charge on any atom is -0.494 e. The number of nitrogens with one attached hydrogen (secondary N) is 1. The van der Waals surface area contributed by atoms with Crippen LogP contribution >= 0.6 is 11.5 Å². The number of benzene rings is 1. The fraction of sp³-hybridized carbons (Fsp3) is 0.200. The summed E-state index contributed by atoms with van der Waals surface area (Å²) in [6.45, 7) is 2.65. The summed E-state index contributed by atoms with van der Waals surface area (Å²) in [5.41, 5.74) is 1.00. The number of nitrogens with zero attached hydrogens (tertiary/aromatic N) is 2. The van der Waals surface area contributed by atoms with Gasteiger partial charge in [-0.05, 0) is 31.2 Å². The Hall–Kier alpha value is -1.62. The summed E-state index contributed by atoms with van der Waals surface area (Å²) in [7, 11) is 0. The van der Waals surface area contributed by atoms with Gasteiger partial charge in [0.1, 0.15) is 10.8 Å². The highest BCUT2D eigenvalue weighted by Crippen LogP contribution is 2.21. The van der Waals surface area contributed by atoms with Gasteiger partial charge in [-0.1, -0.05) is 4.49 Å². The monoisotopic (exact) mass is 221 g/mol. The van der Waals surface area contributed by atoms with Gasteiger partial charge in [0.2, 0.25) is 0 Å². The first-order valence-electron chi connectivity index (χ1n) is 4.65. The summed E-state index contributed by atoms with van der Waals surface area (Å²) in [5.74, 6) is 0.880. The molecule has 0 unspecified atom stereocenters. The molecule has 0 atom stereocenters. The minimum atomic E-state index is 0.686. The third-order valence-corrected chi connectivity index (χ3v) is 2.37. The molecule has 0 aliphatic carbocycles. The summed E-state index contributed by atoms with van der Waals surface area (Å²) in [6, 6.07) is 7.79.